The molecule has 4 nitrogen and oxygen atoms in total. The van der Waals surface area contributed by atoms with Crippen LogP contribution in [-0.2, 0) is 4.74 Å². The zero-order valence-corrected chi connectivity index (χ0v) is 12.1. The number of hydrogen-bond acceptors (Lipinski definition) is 5. The normalized spacial score (nSPS) is 10.1. The minimum absolute atomic E-state index is 0.381. The van der Waals surface area contributed by atoms with Crippen LogP contribution >= 0.6 is 11.8 Å². The molecule has 20 heavy (non-hydrogen) atoms. The molecule has 0 amide bonds. The van der Waals surface area contributed by atoms with Crippen molar-refractivity contribution in [1.82, 2.24) is 0 Å². The first-order chi connectivity index (χ1) is 9.65. The minimum atomic E-state index is -0.431. The number of para-hydroxylation sites is 1. The van der Waals surface area contributed by atoms with Crippen molar-refractivity contribution >= 4 is 23.4 Å². The Labute approximate surface area is 121 Å². The Bertz CT molecular complexity index is 611. The van der Waals surface area contributed by atoms with Crippen molar-refractivity contribution in [2.45, 2.75) is 9.79 Å². The maximum Gasteiger partial charge on any atom is 0.339 e. The Balaban J connectivity index is 2.26. The Morgan fingerprint density at radius 3 is 2.40 bits per heavy atom. The predicted molar refractivity (Wildman–Crippen MR) is 79.3 cm³/mol. The van der Waals surface area contributed by atoms with Gasteiger partial charge in [-0.1, -0.05) is 17.8 Å². The maximum absolute atomic E-state index is 11.6. The van der Waals surface area contributed by atoms with Crippen molar-refractivity contribution in [2.75, 3.05) is 20.0 Å². The highest BCUT2D eigenvalue weighted by Gasteiger charge is 2.13. The first kappa shape index (κ1) is 14.3. The number of benzene rings is 2. The molecule has 0 atom stereocenters. The summed E-state index contributed by atoms with van der Waals surface area (Å²) in [6.45, 7) is 0. The number of esters is 1. The summed E-state index contributed by atoms with van der Waals surface area (Å²) in [5, 5.41) is 0. The molecule has 2 aromatic rings. The first-order valence-electron chi connectivity index (χ1n) is 5.94. The fraction of sp³-hybridized carbons (Fsp3) is 0.133. The molecule has 0 aromatic heterocycles. The zero-order chi connectivity index (χ0) is 14.5. The monoisotopic (exact) mass is 289 g/mol. The number of carbonyl (C=O) groups excluding carboxylic acids is 1. The van der Waals surface area contributed by atoms with Gasteiger partial charge < -0.3 is 15.2 Å². The van der Waals surface area contributed by atoms with Crippen LogP contribution in [0.1, 0.15) is 10.4 Å². The molecule has 0 saturated heterocycles. The Hall–Kier alpha value is -2.14. The van der Waals surface area contributed by atoms with Gasteiger partial charge in [-0.3, -0.25) is 0 Å². The molecule has 2 aromatic carbocycles. The molecule has 0 unspecified atom stereocenters. The molecule has 5 heteroatoms. The van der Waals surface area contributed by atoms with Crippen molar-refractivity contribution in [1.29, 1.82) is 0 Å². The summed E-state index contributed by atoms with van der Waals surface area (Å²) in [6.07, 6.45) is 0. The van der Waals surface area contributed by atoms with Crippen LogP contribution in [0.2, 0.25) is 0 Å². The van der Waals surface area contributed by atoms with Crippen LogP contribution in [0.5, 0.6) is 5.75 Å². The topological polar surface area (TPSA) is 61.5 Å². The smallest absolute Gasteiger partial charge is 0.339 e. The molecule has 0 saturated carbocycles. The molecular formula is C15H15NO3S. The summed E-state index contributed by atoms with van der Waals surface area (Å²) in [5.74, 6) is 0.366. The number of methoxy groups -OCH3 is 2. The first-order valence-corrected chi connectivity index (χ1v) is 6.76. The molecule has 0 heterocycles. The number of anilines is 1. The van der Waals surface area contributed by atoms with Crippen LogP contribution in [0.4, 0.5) is 5.69 Å². The minimum Gasteiger partial charge on any atom is -0.497 e. The molecule has 0 aliphatic rings. The van der Waals surface area contributed by atoms with Gasteiger partial charge in [-0.05, 0) is 36.4 Å². The third-order valence-corrected chi connectivity index (χ3v) is 3.84. The average molecular weight is 289 g/mol. The summed E-state index contributed by atoms with van der Waals surface area (Å²) >= 11 is 1.49. The lowest BCUT2D eigenvalue weighted by Gasteiger charge is -2.09. The van der Waals surface area contributed by atoms with Gasteiger partial charge in [0.1, 0.15) is 5.75 Å². The third kappa shape index (κ3) is 3.05. The van der Waals surface area contributed by atoms with E-state index in [-0.39, 0.29) is 0 Å². The van der Waals surface area contributed by atoms with Crippen LogP contribution in [0, 0.1) is 0 Å². The van der Waals surface area contributed by atoms with Gasteiger partial charge in [0, 0.05) is 9.79 Å². The highest BCUT2D eigenvalue weighted by molar-refractivity contribution is 7.99. The van der Waals surface area contributed by atoms with Crippen LogP contribution < -0.4 is 10.5 Å². The largest absolute Gasteiger partial charge is 0.497 e. The molecule has 0 radical (unpaired) electrons. The van der Waals surface area contributed by atoms with E-state index in [1.165, 1.54) is 18.9 Å². The van der Waals surface area contributed by atoms with Crippen LogP contribution in [0.25, 0.3) is 0 Å². The highest BCUT2D eigenvalue weighted by Crippen LogP contribution is 2.34. The van der Waals surface area contributed by atoms with Gasteiger partial charge in [-0.25, -0.2) is 4.79 Å². The number of ether oxygens (including phenoxy) is 2. The number of hydrogen-bond donors (Lipinski definition) is 1. The van der Waals surface area contributed by atoms with E-state index in [0.29, 0.717) is 11.3 Å². The van der Waals surface area contributed by atoms with E-state index in [2.05, 4.69) is 0 Å². The summed E-state index contributed by atoms with van der Waals surface area (Å²) in [6, 6.07) is 12.9. The second kappa shape index (κ2) is 6.34. The second-order valence-corrected chi connectivity index (χ2v) is 5.10. The van der Waals surface area contributed by atoms with Gasteiger partial charge in [0.2, 0.25) is 0 Å². The molecule has 0 aliphatic heterocycles. The molecule has 0 bridgehead atoms. The summed E-state index contributed by atoms with van der Waals surface area (Å²) < 4.78 is 9.82. The van der Waals surface area contributed by atoms with Crippen LogP contribution in [0.15, 0.2) is 52.3 Å². The Morgan fingerprint density at radius 1 is 1.10 bits per heavy atom. The van der Waals surface area contributed by atoms with E-state index in [1.807, 2.05) is 30.3 Å². The SMILES string of the molecule is COC(=O)c1cccc(Sc2ccc(OC)cc2)c1N. The Morgan fingerprint density at radius 2 is 1.80 bits per heavy atom. The van der Waals surface area contributed by atoms with Gasteiger partial charge in [-0.15, -0.1) is 0 Å². The summed E-state index contributed by atoms with van der Waals surface area (Å²) in [7, 11) is 2.96. The standard InChI is InChI=1S/C15H15NO3S/c1-18-10-6-8-11(9-7-10)20-13-5-3-4-12(14(13)16)15(17)19-2/h3-9H,16H2,1-2H3. The van der Waals surface area contributed by atoms with E-state index < -0.39 is 5.97 Å². The van der Waals surface area contributed by atoms with Gasteiger partial charge in [0.05, 0.1) is 25.5 Å². The van der Waals surface area contributed by atoms with Crippen LogP contribution in [-0.4, -0.2) is 20.2 Å². The van der Waals surface area contributed by atoms with E-state index in [9.17, 15) is 4.79 Å². The molecule has 0 spiro atoms. The van der Waals surface area contributed by atoms with Crippen molar-refractivity contribution in [3.8, 4) is 5.75 Å². The summed E-state index contributed by atoms with van der Waals surface area (Å²) in [4.78, 5) is 13.4. The number of carbonyl (C=O) groups is 1. The maximum atomic E-state index is 11.6. The van der Waals surface area contributed by atoms with Crippen molar-refractivity contribution in [3.63, 3.8) is 0 Å². The fourth-order valence-electron chi connectivity index (χ4n) is 1.69. The van der Waals surface area contributed by atoms with Gasteiger partial charge in [0.25, 0.3) is 0 Å². The Kier molecular flexibility index (Phi) is 4.53. The van der Waals surface area contributed by atoms with Crippen molar-refractivity contribution < 1.29 is 14.3 Å². The lowest BCUT2D eigenvalue weighted by molar-refractivity contribution is 0.0601. The number of nitrogens with two attached hydrogens (primary N) is 1. The summed E-state index contributed by atoms with van der Waals surface area (Å²) in [5.41, 5.74) is 6.83. The zero-order valence-electron chi connectivity index (χ0n) is 11.3. The van der Waals surface area contributed by atoms with E-state index in [1.54, 1.807) is 19.2 Å². The van der Waals surface area contributed by atoms with Gasteiger partial charge >= 0.3 is 5.97 Å². The molecule has 0 fully saturated rings. The molecule has 2 rings (SSSR count). The lowest BCUT2D eigenvalue weighted by Crippen LogP contribution is -2.06. The van der Waals surface area contributed by atoms with E-state index in [4.69, 9.17) is 15.2 Å². The quantitative estimate of drug-likeness (QED) is 0.691. The molecular weight excluding hydrogens is 274 g/mol. The van der Waals surface area contributed by atoms with E-state index in [0.717, 1.165) is 15.5 Å². The van der Waals surface area contributed by atoms with Crippen molar-refractivity contribution in [2.24, 2.45) is 0 Å². The number of nitrogen functional groups attached to an aromatic ring is 1. The molecule has 104 valence electrons. The van der Waals surface area contributed by atoms with Gasteiger partial charge in [-0.2, -0.15) is 0 Å². The fourth-order valence-corrected chi connectivity index (χ4v) is 2.58. The third-order valence-electron chi connectivity index (χ3n) is 2.76. The number of rotatable bonds is 4. The highest BCUT2D eigenvalue weighted by atomic mass is 32.2. The second-order valence-electron chi connectivity index (χ2n) is 3.99. The molecule has 0 aliphatic carbocycles. The molecule has 2 N–H and O–H groups in total. The predicted octanol–water partition coefficient (Wildman–Crippen LogP) is 3.22. The van der Waals surface area contributed by atoms with Gasteiger partial charge in [0.15, 0.2) is 0 Å². The van der Waals surface area contributed by atoms with Crippen LogP contribution in [0.3, 0.4) is 0 Å². The lowest BCUT2D eigenvalue weighted by atomic mass is 10.2. The van der Waals surface area contributed by atoms with E-state index >= 15 is 0 Å². The van der Waals surface area contributed by atoms with Crippen molar-refractivity contribution in [3.05, 3.63) is 48.0 Å². The average Bonchev–Trinajstić information content (AvgIpc) is 2.49.